The minimum Gasteiger partial charge on any atom is -0.466 e. The Bertz CT molecular complexity index is 159. The molecule has 1 aliphatic rings. The van der Waals surface area contributed by atoms with E-state index in [2.05, 4.69) is 6.92 Å². The second-order valence-corrected chi connectivity index (χ2v) is 3.19. The molecule has 0 aromatic carbocycles. The van der Waals surface area contributed by atoms with Crippen molar-refractivity contribution in [1.82, 2.24) is 4.90 Å². The summed E-state index contributed by atoms with van der Waals surface area (Å²) in [5, 5.41) is 7.48. The fourth-order valence-electron chi connectivity index (χ4n) is 1.34. The zero-order chi connectivity index (χ0) is 8.97. The Morgan fingerprint density at radius 1 is 1.58 bits per heavy atom. The van der Waals surface area contributed by atoms with E-state index in [-0.39, 0.29) is 0 Å². The second-order valence-electron chi connectivity index (χ2n) is 3.19. The Balaban J connectivity index is 2.10. The second kappa shape index (κ2) is 4.33. The van der Waals surface area contributed by atoms with Crippen molar-refractivity contribution < 1.29 is 4.74 Å². The van der Waals surface area contributed by atoms with Crippen molar-refractivity contribution in [3.63, 3.8) is 0 Å². The van der Waals surface area contributed by atoms with Gasteiger partial charge in [-0.05, 0) is 13.3 Å². The summed E-state index contributed by atoms with van der Waals surface area (Å²) in [6.07, 6.45) is 3.72. The number of nitrogens with one attached hydrogen (secondary N) is 1. The van der Waals surface area contributed by atoms with Gasteiger partial charge in [0.15, 0.2) is 0 Å². The van der Waals surface area contributed by atoms with E-state index in [0.29, 0.717) is 18.7 Å². The van der Waals surface area contributed by atoms with Crippen LogP contribution in [0, 0.1) is 5.41 Å². The van der Waals surface area contributed by atoms with E-state index >= 15 is 0 Å². The SMILES string of the molecule is CCCC[C@@H]1CN1C(=N)OCC. The number of unbranched alkanes of at least 4 members (excludes halogenated alkanes) is 1. The van der Waals surface area contributed by atoms with Crippen LogP contribution in [-0.2, 0) is 4.74 Å². The number of hydrogen-bond acceptors (Lipinski definition) is 2. The van der Waals surface area contributed by atoms with Gasteiger partial charge in [-0.25, -0.2) is 0 Å². The summed E-state index contributed by atoms with van der Waals surface area (Å²) >= 11 is 0. The summed E-state index contributed by atoms with van der Waals surface area (Å²) < 4.78 is 5.09. The summed E-state index contributed by atoms with van der Waals surface area (Å²) in [5.74, 6) is 0. The Morgan fingerprint density at radius 3 is 2.92 bits per heavy atom. The van der Waals surface area contributed by atoms with Crippen LogP contribution in [0.3, 0.4) is 0 Å². The molecular weight excluding hydrogens is 152 g/mol. The van der Waals surface area contributed by atoms with Gasteiger partial charge >= 0.3 is 0 Å². The first-order valence-corrected chi connectivity index (χ1v) is 4.77. The highest BCUT2D eigenvalue weighted by Crippen LogP contribution is 2.23. The first-order valence-electron chi connectivity index (χ1n) is 4.77. The van der Waals surface area contributed by atoms with Gasteiger partial charge in [0.05, 0.1) is 12.6 Å². The van der Waals surface area contributed by atoms with E-state index in [9.17, 15) is 0 Å². The number of amidine groups is 1. The lowest BCUT2D eigenvalue weighted by atomic mass is 10.2. The van der Waals surface area contributed by atoms with Gasteiger partial charge in [-0.1, -0.05) is 19.8 Å². The van der Waals surface area contributed by atoms with E-state index < -0.39 is 0 Å². The molecule has 1 saturated heterocycles. The van der Waals surface area contributed by atoms with Gasteiger partial charge < -0.3 is 9.64 Å². The molecule has 3 nitrogen and oxygen atoms in total. The predicted octanol–water partition coefficient (Wildman–Crippen LogP) is 1.83. The number of ether oxygens (including phenoxy) is 1. The molecule has 0 unspecified atom stereocenters. The zero-order valence-electron chi connectivity index (χ0n) is 7.97. The minimum atomic E-state index is 0.360. The number of hydrogen-bond donors (Lipinski definition) is 1. The maximum Gasteiger partial charge on any atom is 0.284 e. The lowest BCUT2D eigenvalue weighted by Gasteiger charge is -2.06. The molecule has 0 aromatic heterocycles. The summed E-state index contributed by atoms with van der Waals surface area (Å²) in [6, 6.07) is 0.961. The Labute approximate surface area is 74.2 Å². The van der Waals surface area contributed by atoms with Crippen molar-refractivity contribution in [3.8, 4) is 0 Å². The number of nitrogens with zero attached hydrogens (tertiary/aromatic N) is 1. The molecule has 1 aliphatic heterocycles. The molecule has 0 spiro atoms. The van der Waals surface area contributed by atoms with Crippen LogP contribution < -0.4 is 0 Å². The Hall–Kier alpha value is -0.730. The predicted molar refractivity (Wildman–Crippen MR) is 49.4 cm³/mol. The van der Waals surface area contributed by atoms with Crippen LogP contribution in [-0.4, -0.2) is 30.1 Å². The molecule has 0 bridgehead atoms. The molecule has 1 atom stereocenters. The highest BCUT2D eigenvalue weighted by atomic mass is 16.5. The number of rotatable bonds is 4. The monoisotopic (exact) mass is 170 g/mol. The van der Waals surface area contributed by atoms with Gasteiger partial charge in [-0.2, -0.15) is 0 Å². The Kier molecular flexibility index (Phi) is 3.38. The van der Waals surface area contributed by atoms with E-state index in [1.165, 1.54) is 19.3 Å². The average molecular weight is 170 g/mol. The molecule has 0 aromatic rings. The van der Waals surface area contributed by atoms with Crippen molar-refractivity contribution in [2.75, 3.05) is 13.2 Å². The normalized spacial score (nSPS) is 20.8. The molecule has 12 heavy (non-hydrogen) atoms. The lowest BCUT2D eigenvalue weighted by molar-refractivity contribution is 0.285. The van der Waals surface area contributed by atoms with Crippen molar-refractivity contribution in [2.45, 2.75) is 39.2 Å². The molecule has 0 aliphatic carbocycles. The molecule has 1 rings (SSSR count). The van der Waals surface area contributed by atoms with Crippen LogP contribution in [0.25, 0.3) is 0 Å². The highest BCUT2D eigenvalue weighted by Gasteiger charge is 2.36. The van der Waals surface area contributed by atoms with Crippen LogP contribution in [0.15, 0.2) is 0 Å². The van der Waals surface area contributed by atoms with Crippen molar-refractivity contribution in [2.24, 2.45) is 0 Å². The van der Waals surface area contributed by atoms with Crippen molar-refractivity contribution >= 4 is 6.02 Å². The van der Waals surface area contributed by atoms with Crippen LogP contribution >= 0.6 is 0 Å². The van der Waals surface area contributed by atoms with Gasteiger partial charge in [0.25, 0.3) is 6.02 Å². The largest absolute Gasteiger partial charge is 0.466 e. The molecular formula is C9H18N2O. The van der Waals surface area contributed by atoms with Gasteiger partial charge in [-0.15, -0.1) is 0 Å². The van der Waals surface area contributed by atoms with Gasteiger partial charge in [0.1, 0.15) is 0 Å². The average Bonchev–Trinajstić information content (AvgIpc) is 2.80. The van der Waals surface area contributed by atoms with E-state index in [4.69, 9.17) is 10.1 Å². The summed E-state index contributed by atoms with van der Waals surface area (Å²) in [4.78, 5) is 2.01. The molecule has 1 N–H and O–H groups in total. The highest BCUT2D eigenvalue weighted by molar-refractivity contribution is 5.73. The van der Waals surface area contributed by atoms with Crippen LogP contribution in [0.2, 0.25) is 0 Å². The fourth-order valence-corrected chi connectivity index (χ4v) is 1.34. The van der Waals surface area contributed by atoms with E-state index in [0.717, 1.165) is 6.54 Å². The van der Waals surface area contributed by atoms with Crippen LogP contribution in [0.1, 0.15) is 33.1 Å². The maximum absolute atomic E-state index is 7.48. The van der Waals surface area contributed by atoms with Crippen molar-refractivity contribution in [3.05, 3.63) is 0 Å². The topological polar surface area (TPSA) is 36.1 Å². The first kappa shape index (κ1) is 9.36. The van der Waals surface area contributed by atoms with Gasteiger partial charge in [-0.3, -0.25) is 5.41 Å². The zero-order valence-corrected chi connectivity index (χ0v) is 7.97. The third-order valence-corrected chi connectivity index (χ3v) is 2.15. The fraction of sp³-hybridized carbons (Fsp3) is 0.889. The molecule has 1 heterocycles. The molecule has 0 saturated carbocycles. The van der Waals surface area contributed by atoms with Gasteiger partial charge in [0, 0.05) is 6.54 Å². The van der Waals surface area contributed by atoms with Crippen LogP contribution in [0.5, 0.6) is 0 Å². The standard InChI is InChI=1S/C9H18N2O/c1-3-5-6-8-7-11(8)9(10)12-4-2/h8,10H,3-7H2,1-2H3/t8-,11?/m1/s1. The van der Waals surface area contributed by atoms with Crippen molar-refractivity contribution in [1.29, 1.82) is 5.41 Å². The molecule has 0 amide bonds. The summed E-state index contributed by atoms with van der Waals surface area (Å²) in [5.41, 5.74) is 0. The molecule has 0 radical (unpaired) electrons. The Morgan fingerprint density at radius 2 is 2.33 bits per heavy atom. The third kappa shape index (κ3) is 2.40. The molecule has 70 valence electrons. The summed E-state index contributed by atoms with van der Waals surface area (Å²) in [7, 11) is 0. The third-order valence-electron chi connectivity index (χ3n) is 2.15. The quantitative estimate of drug-likeness (QED) is 0.397. The molecule has 3 heteroatoms. The van der Waals surface area contributed by atoms with Crippen LogP contribution in [0.4, 0.5) is 0 Å². The first-order chi connectivity index (χ1) is 5.79. The lowest BCUT2D eigenvalue weighted by Crippen LogP contribution is -2.15. The minimum absolute atomic E-state index is 0.360. The van der Waals surface area contributed by atoms with Gasteiger partial charge in [0.2, 0.25) is 0 Å². The maximum atomic E-state index is 7.48. The summed E-state index contributed by atoms with van der Waals surface area (Å²) in [6.45, 7) is 5.74. The van der Waals surface area contributed by atoms with E-state index in [1.807, 2.05) is 11.8 Å². The van der Waals surface area contributed by atoms with E-state index in [1.54, 1.807) is 0 Å². The smallest absolute Gasteiger partial charge is 0.284 e. The molecule has 1 fully saturated rings.